The van der Waals surface area contributed by atoms with Gasteiger partial charge in [0.2, 0.25) is 5.91 Å². The normalized spacial score (nSPS) is 17.0. The van der Waals surface area contributed by atoms with E-state index in [1.165, 1.54) is 5.56 Å². The van der Waals surface area contributed by atoms with Gasteiger partial charge in [-0.1, -0.05) is 36.2 Å². The first-order valence-corrected chi connectivity index (χ1v) is 12.0. The van der Waals surface area contributed by atoms with Crippen LogP contribution in [0.1, 0.15) is 55.1 Å². The van der Waals surface area contributed by atoms with Gasteiger partial charge in [-0.2, -0.15) is 5.10 Å². The standard InChI is InChI=1S/C26H31N5O2/c1-17(2)31-24-22(16-27-31)21(15-23(28-24)19-9-7-18(3)8-10-19)26(33)30-13-11-29(12-14-30)25(32)20-5-4-6-20/h7-10,15-17,20H,4-6,11-14H2,1-3H3. The predicted molar refractivity (Wildman–Crippen MR) is 128 cm³/mol. The molecule has 7 heteroatoms. The molecule has 1 aliphatic heterocycles. The number of amides is 2. The summed E-state index contributed by atoms with van der Waals surface area (Å²) in [7, 11) is 0. The Morgan fingerprint density at radius 1 is 1.00 bits per heavy atom. The minimum absolute atomic E-state index is 0.0187. The van der Waals surface area contributed by atoms with Gasteiger partial charge in [-0.25, -0.2) is 9.67 Å². The first-order valence-electron chi connectivity index (χ1n) is 12.0. The molecule has 2 fully saturated rings. The van der Waals surface area contributed by atoms with Crippen molar-refractivity contribution in [2.75, 3.05) is 26.2 Å². The summed E-state index contributed by atoms with van der Waals surface area (Å²) in [6.45, 7) is 8.49. The quantitative estimate of drug-likeness (QED) is 0.607. The molecule has 1 saturated carbocycles. The number of aromatic nitrogens is 3. The first-order chi connectivity index (χ1) is 15.9. The van der Waals surface area contributed by atoms with E-state index in [1.807, 2.05) is 32.7 Å². The summed E-state index contributed by atoms with van der Waals surface area (Å²) in [5.74, 6) is 0.445. The van der Waals surface area contributed by atoms with Gasteiger partial charge in [0.15, 0.2) is 5.65 Å². The Morgan fingerprint density at radius 2 is 1.67 bits per heavy atom. The van der Waals surface area contributed by atoms with Crippen LogP contribution in [-0.4, -0.2) is 62.6 Å². The van der Waals surface area contributed by atoms with E-state index in [9.17, 15) is 9.59 Å². The maximum atomic E-state index is 13.7. The van der Waals surface area contributed by atoms with Crippen LogP contribution in [-0.2, 0) is 4.79 Å². The molecular weight excluding hydrogens is 414 g/mol. The Labute approximate surface area is 194 Å². The van der Waals surface area contributed by atoms with Crippen LogP contribution < -0.4 is 0 Å². The molecule has 0 spiro atoms. The van der Waals surface area contributed by atoms with E-state index in [0.29, 0.717) is 31.7 Å². The average molecular weight is 446 g/mol. The zero-order chi connectivity index (χ0) is 23.1. The molecule has 0 radical (unpaired) electrons. The molecule has 0 atom stereocenters. The predicted octanol–water partition coefficient (Wildman–Crippen LogP) is 4.07. The van der Waals surface area contributed by atoms with Crippen molar-refractivity contribution in [3.8, 4) is 11.3 Å². The number of fused-ring (bicyclic) bond motifs is 1. The summed E-state index contributed by atoms with van der Waals surface area (Å²) in [6.07, 6.45) is 4.92. The highest BCUT2D eigenvalue weighted by Crippen LogP contribution is 2.30. The molecular formula is C26H31N5O2. The number of hydrogen-bond acceptors (Lipinski definition) is 4. The lowest BCUT2D eigenvalue weighted by Gasteiger charge is -2.38. The fourth-order valence-corrected chi connectivity index (χ4v) is 4.66. The number of piperazine rings is 1. The van der Waals surface area contributed by atoms with Crippen molar-refractivity contribution >= 4 is 22.8 Å². The third-order valence-electron chi connectivity index (χ3n) is 6.97. The summed E-state index contributed by atoms with van der Waals surface area (Å²) >= 11 is 0. The van der Waals surface area contributed by atoms with Crippen LogP contribution in [0, 0.1) is 12.8 Å². The molecule has 3 aromatic rings. The van der Waals surface area contributed by atoms with Crippen LogP contribution in [0.4, 0.5) is 0 Å². The summed E-state index contributed by atoms with van der Waals surface area (Å²) in [6, 6.07) is 10.2. The van der Waals surface area contributed by atoms with Crippen LogP contribution in [0.15, 0.2) is 36.5 Å². The lowest BCUT2D eigenvalue weighted by atomic mass is 9.84. The maximum Gasteiger partial charge on any atom is 0.254 e. The summed E-state index contributed by atoms with van der Waals surface area (Å²) in [5.41, 5.74) is 4.28. The minimum Gasteiger partial charge on any atom is -0.339 e. The number of nitrogens with zero attached hydrogens (tertiary/aromatic N) is 5. The second-order valence-electron chi connectivity index (χ2n) is 9.59. The SMILES string of the molecule is Cc1ccc(-c2cc(C(=O)N3CCN(C(=O)C4CCC4)CC3)c3cnn(C(C)C)c3n2)cc1. The fourth-order valence-electron chi connectivity index (χ4n) is 4.66. The number of rotatable bonds is 4. The molecule has 33 heavy (non-hydrogen) atoms. The zero-order valence-electron chi connectivity index (χ0n) is 19.6. The maximum absolute atomic E-state index is 13.7. The number of aryl methyl sites for hydroxylation is 1. The van der Waals surface area contributed by atoms with Gasteiger partial charge in [-0.05, 0) is 39.7 Å². The van der Waals surface area contributed by atoms with Gasteiger partial charge in [-0.15, -0.1) is 0 Å². The van der Waals surface area contributed by atoms with Gasteiger partial charge in [0, 0.05) is 43.7 Å². The molecule has 172 valence electrons. The van der Waals surface area contributed by atoms with Crippen molar-refractivity contribution in [3.63, 3.8) is 0 Å². The van der Waals surface area contributed by atoms with E-state index in [1.54, 1.807) is 6.20 Å². The largest absolute Gasteiger partial charge is 0.339 e. The molecule has 7 nitrogen and oxygen atoms in total. The monoisotopic (exact) mass is 445 g/mol. The van der Waals surface area contributed by atoms with Gasteiger partial charge in [0.1, 0.15) is 0 Å². The van der Waals surface area contributed by atoms with Crippen LogP contribution in [0.2, 0.25) is 0 Å². The zero-order valence-corrected chi connectivity index (χ0v) is 19.6. The minimum atomic E-state index is -0.0187. The fraction of sp³-hybridized carbons (Fsp3) is 0.462. The Hall–Kier alpha value is -3.22. The van der Waals surface area contributed by atoms with E-state index in [-0.39, 0.29) is 23.8 Å². The van der Waals surface area contributed by atoms with Crippen molar-refractivity contribution in [2.24, 2.45) is 5.92 Å². The van der Waals surface area contributed by atoms with Crippen LogP contribution in [0.5, 0.6) is 0 Å². The molecule has 5 rings (SSSR count). The van der Waals surface area contributed by atoms with Crippen molar-refractivity contribution in [3.05, 3.63) is 47.7 Å². The summed E-state index contributed by atoms with van der Waals surface area (Å²) in [5, 5.41) is 5.31. The van der Waals surface area contributed by atoms with E-state index in [4.69, 9.17) is 4.98 Å². The highest BCUT2D eigenvalue weighted by atomic mass is 16.2. The molecule has 1 aliphatic carbocycles. The van der Waals surface area contributed by atoms with Crippen molar-refractivity contribution in [2.45, 2.75) is 46.1 Å². The summed E-state index contributed by atoms with van der Waals surface area (Å²) < 4.78 is 1.87. The van der Waals surface area contributed by atoms with Crippen molar-refractivity contribution < 1.29 is 9.59 Å². The van der Waals surface area contributed by atoms with Gasteiger partial charge >= 0.3 is 0 Å². The number of pyridine rings is 1. The molecule has 0 N–H and O–H groups in total. The highest BCUT2D eigenvalue weighted by Gasteiger charge is 2.32. The number of hydrogen-bond donors (Lipinski definition) is 0. The van der Waals surface area contributed by atoms with Crippen molar-refractivity contribution in [1.82, 2.24) is 24.6 Å². The van der Waals surface area contributed by atoms with E-state index in [2.05, 4.69) is 38.0 Å². The van der Waals surface area contributed by atoms with E-state index < -0.39 is 0 Å². The molecule has 2 amide bonds. The Balaban J connectivity index is 1.46. The second-order valence-corrected chi connectivity index (χ2v) is 9.59. The number of carbonyl (C=O) groups excluding carboxylic acids is 2. The van der Waals surface area contributed by atoms with E-state index >= 15 is 0 Å². The lowest BCUT2D eigenvalue weighted by molar-refractivity contribution is -0.139. The Kier molecular flexibility index (Phi) is 5.64. The third kappa shape index (κ3) is 4.01. The van der Waals surface area contributed by atoms with Crippen LogP contribution in [0.25, 0.3) is 22.3 Å². The molecule has 1 saturated heterocycles. The van der Waals surface area contributed by atoms with Gasteiger partial charge < -0.3 is 9.80 Å². The topological polar surface area (TPSA) is 71.3 Å². The van der Waals surface area contributed by atoms with Crippen LogP contribution >= 0.6 is 0 Å². The van der Waals surface area contributed by atoms with Gasteiger partial charge in [0.25, 0.3) is 5.91 Å². The molecule has 0 unspecified atom stereocenters. The molecule has 0 bridgehead atoms. The van der Waals surface area contributed by atoms with Gasteiger partial charge in [0.05, 0.1) is 22.8 Å². The molecule has 2 aliphatic rings. The summed E-state index contributed by atoms with van der Waals surface area (Å²) in [4.78, 5) is 35.0. The first kappa shape index (κ1) is 21.6. The highest BCUT2D eigenvalue weighted by molar-refractivity contribution is 6.06. The van der Waals surface area contributed by atoms with Crippen LogP contribution in [0.3, 0.4) is 0 Å². The Morgan fingerprint density at radius 3 is 2.27 bits per heavy atom. The molecule has 3 heterocycles. The average Bonchev–Trinajstić information content (AvgIpc) is 3.22. The third-order valence-corrected chi connectivity index (χ3v) is 6.97. The van der Waals surface area contributed by atoms with E-state index in [0.717, 1.165) is 41.6 Å². The lowest BCUT2D eigenvalue weighted by Crippen LogP contribution is -2.52. The number of carbonyl (C=O) groups is 2. The second kappa shape index (κ2) is 8.61. The molecule has 1 aromatic carbocycles. The molecule has 2 aromatic heterocycles. The van der Waals surface area contributed by atoms with Crippen molar-refractivity contribution in [1.29, 1.82) is 0 Å². The van der Waals surface area contributed by atoms with Gasteiger partial charge in [-0.3, -0.25) is 9.59 Å². The number of benzene rings is 1. The smallest absolute Gasteiger partial charge is 0.254 e. The Bertz CT molecular complexity index is 1190.